The summed E-state index contributed by atoms with van der Waals surface area (Å²) in [4.78, 5) is 4.17. The van der Waals surface area contributed by atoms with Crippen LogP contribution in [0.4, 0.5) is 0 Å². The minimum Gasteiger partial charge on any atom is -0.246 e. The molecule has 2 heteroatoms. The van der Waals surface area contributed by atoms with E-state index in [9.17, 15) is 0 Å². The largest absolute Gasteiger partial charge is 0.246 e. The molecular formula is C7H10N2+. The summed E-state index contributed by atoms with van der Waals surface area (Å²) in [5, 5.41) is 0. The van der Waals surface area contributed by atoms with Gasteiger partial charge in [-0.05, 0) is 13.8 Å². The number of aromatic nitrogens is 2. The minimum absolute atomic E-state index is 1.00. The number of hydrogen-bond donors (Lipinski definition) is 0. The third kappa shape index (κ3) is 1.49. The van der Waals surface area contributed by atoms with E-state index in [0.29, 0.717) is 0 Å². The Labute approximate surface area is 55.2 Å². The van der Waals surface area contributed by atoms with E-state index in [1.807, 2.05) is 26.2 Å². The van der Waals surface area contributed by atoms with E-state index in [4.69, 9.17) is 0 Å². The van der Waals surface area contributed by atoms with Crippen molar-refractivity contribution in [3.8, 4) is 0 Å². The second-order valence-electron chi connectivity index (χ2n) is 2.17. The topological polar surface area (TPSA) is 16.8 Å². The lowest BCUT2D eigenvalue weighted by Gasteiger charge is -1.90. The van der Waals surface area contributed by atoms with Crippen LogP contribution in [0.3, 0.4) is 0 Å². The maximum atomic E-state index is 4.17. The van der Waals surface area contributed by atoms with Gasteiger partial charge in [-0.15, -0.1) is 0 Å². The van der Waals surface area contributed by atoms with Gasteiger partial charge in [0.05, 0.1) is 0 Å². The van der Waals surface area contributed by atoms with Gasteiger partial charge in [-0.25, -0.2) is 4.98 Å². The summed E-state index contributed by atoms with van der Waals surface area (Å²) in [5.74, 6) is 0. The highest BCUT2D eigenvalue weighted by Crippen LogP contribution is 1.88. The molecule has 9 heavy (non-hydrogen) atoms. The third-order valence-electron chi connectivity index (χ3n) is 1.06. The lowest BCUT2D eigenvalue weighted by Crippen LogP contribution is -2.25. The van der Waals surface area contributed by atoms with Crippen LogP contribution in [0.2, 0.25) is 0 Å². The zero-order valence-corrected chi connectivity index (χ0v) is 5.76. The molecule has 0 aliphatic rings. The molecule has 0 bridgehead atoms. The van der Waals surface area contributed by atoms with Crippen LogP contribution in [0.1, 0.15) is 11.4 Å². The minimum atomic E-state index is 1.00. The van der Waals surface area contributed by atoms with E-state index >= 15 is 0 Å². The summed E-state index contributed by atoms with van der Waals surface area (Å²) in [6.07, 6.45) is 3.76. The first-order valence-corrected chi connectivity index (χ1v) is 2.86. The van der Waals surface area contributed by atoms with Gasteiger partial charge in [0.15, 0.2) is 12.4 Å². The van der Waals surface area contributed by atoms with E-state index in [-0.39, 0.29) is 0 Å². The second-order valence-corrected chi connectivity index (χ2v) is 2.17. The van der Waals surface area contributed by atoms with Crippen LogP contribution in [0, 0.1) is 20.9 Å². The molecule has 0 N–H and O–H groups in total. The molecule has 47 valence electrons. The first kappa shape index (κ1) is 6.20. The standard InChI is InChI=1S/C7H10N2/c1-6-4-9(3)5-7(2)8-6/h4-5H,3H2,1-2H3/q+1. The van der Waals surface area contributed by atoms with Gasteiger partial charge < -0.3 is 0 Å². The molecule has 2 nitrogen and oxygen atoms in total. The molecule has 0 unspecified atom stereocenters. The molecule has 0 atom stereocenters. The molecule has 0 aromatic carbocycles. The normalized spacial score (nSPS) is 9.67. The monoisotopic (exact) mass is 122 g/mol. The van der Waals surface area contributed by atoms with Crippen molar-refractivity contribution in [3.63, 3.8) is 0 Å². The Kier molecular flexibility index (Phi) is 1.47. The average molecular weight is 122 g/mol. The van der Waals surface area contributed by atoms with Crippen LogP contribution in [0.25, 0.3) is 0 Å². The van der Waals surface area contributed by atoms with Gasteiger partial charge in [-0.3, -0.25) is 0 Å². The Hall–Kier alpha value is -0.920. The highest BCUT2D eigenvalue weighted by atomic mass is 14.9. The van der Waals surface area contributed by atoms with Crippen molar-refractivity contribution in [1.29, 1.82) is 0 Å². The van der Waals surface area contributed by atoms with Crippen LogP contribution in [-0.4, -0.2) is 4.98 Å². The molecular weight excluding hydrogens is 112 g/mol. The molecule has 0 saturated heterocycles. The number of hydrogen-bond acceptors (Lipinski definition) is 1. The van der Waals surface area contributed by atoms with Gasteiger partial charge in [0.2, 0.25) is 7.05 Å². The van der Waals surface area contributed by atoms with Crippen LogP contribution in [-0.2, 0) is 0 Å². The molecule has 0 spiro atoms. The van der Waals surface area contributed by atoms with E-state index in [0.717, 1.165) is 11.4 Å². The summed E-state index contributed by atoms with van der Waals surface area (Å²) < 4.78 is 1.76. The first-order chi connectivity index (χ1) is 4.18. The number of nitrogens with zero attached hydrogens (tertiary/aromatic N) is 2. The first-order valence-electron chi connectivity index (χ1n) is 2.86. The fourth-order valence-corrected chi connectivity index (χ4v) is 0.853. The van der Waals surface area contributed by atoms with Gasteiger partial charge in [0.1, 0.15) is 11.4 Å². The van der Waals surface area contributed by atoms with Gasteiger partial charge in [0, 0.05) is 0 Å². The maximum Gasteiger partial charge on any atom is 0.206 e. The van der Waals surface area contributed by atoms with Gasteiger partial charge in [-0.2, -0.15) is 4.57 Å². The highest BCUT2D eigenvalue weighted by molar-refractivity contribution is 4.93. The van der Waals surface area contributed by atoms with Crippen molar-refractivity contribution in [2.24, 2.45) is 0 Å². The molecule has 0 aliphatic carbocycles. The van der Waals surface area contributed by atoms with Crippen LogP contribution < -0.4 is 4.57 Å². The van der Waals surface area contributed by atoms with Crippen molar-refractivity contribution in [2.75, 3.05) is 0 Å². The van der Waals surface area contributed by atoms with Crippen molar-refractivity contribution >= 4 is 0 Å². The van der Waals surface area contributed by atoms with Crippen molar-refractivity contribution in [1.82, 2.24) is 4.98 Å². The average Bonchev–Trinajstić information content (AvgIpc) is 1.59. The molecule has 1 aromatic rings. The summed E-state index contributed by atoms with van der Waals surface area (Å²) >= 11 is 0. The molecule has 1 radical (unpaired) electrons. The lowest BCUT2D eigenvalue weighted by atomic mass is 10.4. The van der Waals surface area contributed by atoms with E-state index in [1.165, 1.54) is 0 Å². The Morgan fingerprint density at radius 3 is 2.11 bits per heavy atom. The summed E-state index contributed by atoms with van der Waals surface area (Å²) in [5.41, 5.74) is 2.01. The Balaban J connectivity index is 3.17. The Morgan fingerprint density at radius 1 is 1.33 bits per heavy atom. The fourth-order valence-electron chi connectivity index (χ4n) is 0.853. The number of aryl methyl sites for hydroxylation is 2. The zero-order valence-electron chi connectivity index (χ0n) is 5.76. The van der Waals surface area contributed by atoms with Crippen molar-refractivity contribution < 1.29 is 4.57 Å². The predicted molar refractivity (Wildman–Crippen MR) is 34.7 cm³/mol. The summed E-state index contributed by atoms with van der Waals surface area (Å²) in [7, 11) is 3.72. The molecule has 0 fully saturated rings. The molecule has 1 rings (SSSR count). The quantitative estimate of drug-likeness (QED) is 0.461. The van der Waals surface area contributed by atoms with Crippen LogP contribution in [0.5, 0.6) is 0 Å². The van der Waals surface area contributed by atoms with Crippen molar-refractivity contribution in [3.05, 3.63) is 30.8 Å². The fraction of sp³-hybridized carbons (Fsp3) is 0.286. The Bertz CT molecular complexity index is 168. The molecule has 0 aliphatic heterocycles. The summed E-state index contributed by atoms with van der Waals surface area (Å²) in [6.45, 7) is 3.91. The highest BCUT2D eigenvalue weighted by Gasteiger charge is 1.95. The van der Waals surface area contributed by atoms with E-state index < -0.39 is 0 Å². The zero-order chi connectivity index (χ0) is 6.85. The molecule has 0 amide bonds. The van der Waals surface area contributed by atoms with E-state index in [2.05, 4.69) is 12.0 Å². The van der Waals surface area contributed by atoms with Crippen molar-refractivity contribution in [2.45, 2.75) is 13.8 Å². The van der Waals surface area contributed by atoms with Gasteiger partial charge >= 0.3 is 0 Å². The second kappa shape index (κ2) is 2.13. The summed E-state index contributed by atoms with van der Waals surface area (Å²) in [6, 6.07) is 0. The van der Waals surface area contributed by atoms with Crippen LogP contribution >= 0.6 is 0 Å². The lowest BCUT2D eigenvalue weighted by molar-refractivity contribution is -0.613. The molecule has 1 aromatic heterocycles. The van der Waals surface area contributed by atoms with Gasteiger partial charge in [-0.1, -0.05) is 0 Å². The van der Waals surface area contributed by atoms with Gasteiger partial charge in [0.25, 0.3) is 0 Å². The Morgan fingerprint density at radius 2 is 1.78 bits per heavy atom. The van der Waals surface area contributed by atoms with E-state index in [1.54, 1.807) is 4.57 Å². The maximum absolute atomic E-state index is 4.17. The number of rotatable bonds is 0. The SMILES string of the molecule is [CH2][n+]1cc(C)nc(C)c1. The third-order valence-corrected chi connectivity index (χ3v) is 1.06. The molecule has 1 heterocycles. The smallest absolute Gasteiger partial charge is 0.206 e. The van der Waals surface area contributed by atoms with Crippen LogP contribution in [0.15, 0.2) is 12.4 Å². The molecule has 0 saturated carbocycles. The predicted octanol–water partition coefficient (Wildman–Crippen LogP) is 0.626.